The third-order valence-corrected chi connectivity index (χ3v) is 3.52. The van der Waals surface area contributed by atoms with Crippen LogP contribution in [0.15, 0.2) is 0 Å². The average molecular weight is 198 g/mol. The summed E-state index contributed by atoms with van der Waals surface area (Å²) in [5, 5.41) is 0. The van der Waals surface area contributed by atoms with E-state index < -0.39 is 0 Å². The van der Waals surface area contributed by atoms with Gasteiger partial charge in [0.2, 0.25) is 0 Å². The topological polar surface area (TPSA) is 26.3 Å². The van der Waals surface area contributed by atoms with Crippen LogP contribution in [0, 0.1) is 5.92 Å². The van der Waals surface area contributed by atoms with Gasteiger partial charge in [0.05, 0.1) is 5.92 Å². The van der Waals surface area contributed by atoms with Gasteiger partial charge in [-0.1, -0.05) is 40.0 Å². The van der Waals surface area contributed by atoms with E-state index >= 15 is 0 Å². The SMILES string of the molecule is CCCCCC1C(=O)OC1(CC)CC. The molecule has 0 N–H and O–H groups in total. The highest BCUT2D eigenvalue weighted by molar-refractivity contribution is 5.80. The van der Waals surface area contributed by atoms with E-state index in [1.807, 2.05) is 0 Å². The van der Waals surface area contributed by atoms with Crippen molar-refractivity contribution in [3.8, 4) is 0 Å². The molecule has 0 amide bonds. The van der Waals surface area contributed by atoms with E-state index in [9.17, 15) is 4.79 Å². The van der Waals surface area contributed by atoms with E-state index in [-0.39, 0.29) is 17.5 Å². The zero-order chi connectivity index (χ0) is 10.6. The molecule has 1 atom stereocenters. The molecule has 0 spiro atoms. The zero-order valence-electron chi connectivity index (χ0n) is 9.64. The quantitative estimate of drug-likeness (QED) is 0.483. The zero-order valence-corrected chi connectivity index (χ0v) is 9.64. The Labute approximate surface area is 87.0 Å². The van der Waals surface area contributed by atoms with Crippen LogP contribution in [-0.4, -0.2) is 11.6 Å². The number of ether oxygens (including phenoxy) is 1. The Morgan fingerprint density at radius 2 is 1.86 bits per heavy atom. The summed E-state index contributed by atoms with van der Waals surface area (Å²) in [6.45, 7) is 6.41. The van der Waals surface area contributed by atoms with E-state index in [0.717, 1.165) is 25.7 Å². The fraction of sp³-hybridized carbons (Fsp3) is 0.917. The predicted octanol–water partition coefficient (Wildman–Crippen LogP) is 3.30. The summed E-state index contributed by atoms with van der Waals surface area (Å²) in [5.41, 5.74) is -0.106. The number of unbranched alkanes of at least 4 members (excludes halogenated alkanes) is 2. The van der Waals surface area contributed by atoms with Crippen LogP contribution in [0.3, 0.4) is 0 Å². The van der Waals surface area contributed by atoms with E-state index in [1.165, 1.54) is 12.8 Å². The molecule has 0 aromatic heterocycles. The van der Waals surface area contributed by atoms with Crippen molar-refractivity contribution in [2.24, 2.45) is 5.92 Å². The molecule has 82 valence electrons. The van der Waals surface area contributed by atoms with Crippen molar-refractivity contribution in [2.75, 3.05) is 0 Å². The summed E-state index contributed by atoms with van der Waals surface area (Å²) in [6, 6.07) is 0. The molecule has 1 aliphatic rings. The van der Waals surface area contributed by atoms with Crippen LogP contribution >= 0.6 is 0 Å². The minimum Gasteiger partial charge on any atom is -0.458 e. The van der Waals surface area contributed by atoms with Crippen LogP contribution in [0.25, 0.3) is 0 Å². The first-order valence-electron chi connectivity index (χ1n) is 5.93. The summed E-state index contributed by atoms with van der Waals surface area (Å²) < 4.78 is 5.33. The van der Waals surface area contributed by atoms with Gasteiger partial charge in [-0.2, -0.15) is 0 Å². The molecule has 2 nitrogen and oxygen atoms in total. The molecule has 1 aliphatic heterocycles. The van der Waals surface area contributed by atoms with Gasteiger partial charge in [-0.25, -0.2) is 0 Å². The first-order chi connectivity index (χ1) is 6.70. The molecule has 14 heavy (non-hydrogen) atoms. The van der Waals surface area contributed by atoms with Crippen molar-refractivity contribution < 1.29 is 9.53 Å². The molecular formula is C12H22O2. The monoisotopic (exact) mass is 198 g/mol. The third-order valence-electron chi connectivity index (χ3n) is 3.52. The second-order valence-corrected chi connectivity index (χ2v) is 4.24. The molecule has 0 bridgehead atoms. The molecule has 1 rings (SSSR count). The maximum atomic E-state index is 11.3. The van der Waals surface area contributed by atoms with E-state index in [0.29, 0.717) is 0 Å². The van der Waals surface area contributed by atoms with Crippen LogP contribution in [0.2, 0.25) is 0 Å². The standard InChI is InChI=1S/C12H22O2/c1-4-7-8-9-10-11(13)14-12(10,5-2)6-3/h10H,4-9H2,1-3H3. The Hall–Kier alpha value is -0.530. The first kappa shape index (κ1) is 11.5. The van der Waals surface area contributed by atoms with Gasteiger partial charge >= 0.3 is 5.97 Å². The number of cyclic esters (lactones) is 1. The van der Waals surface area contributed by atoms with Gasteiger partial charge in [0.25, 0.3) is 0 Å². The minimum absolute atomic E-state index is 0.0322. The summed E-state index contributed by atoms with van der Waals surface area (Å²) in [5.74, 6) is 0.217. The van der Waals surface area contributed by atoms with Gasteiger partial charge in [0.15, 0.2) is 0 Å². The van der Waals surface area contributed by atoms with Crippen LogP contribution in [0.1, 0.15) is 59.3 Å². The van der Waals surface area contributed by atoms with Crippen molar-refractivity contribution in [3.63, 3.8) is 0 Å². The molecular weight excluding hydrogens is 176 g/mol. The van der Waals surface area contributed by atoms with Gasteiger partial charge in [-0.3, -0.25) is 4.79 Å². The maximum Gasteiger partial charge on any atom is 0.313 e. The van der Waals surface area contributed by atoms with Gasteiger partial charge in [-0.05, 0) is 19.3 Å². The largest absolute Gasteiger partial charge is 0.458 e. The maximum absolute atomic E-state index is 11.3. The number of carbonyl (C=O) groups excluding carboxylic acids is 1. The second kappa shape index (κ2) is 4.81. The van der Waals surface area contributed by atoms with E-state index in [4.69, 9.17) is 4.74 Å². The molecule has 1 heterocycles. The highest BCUT2D eigenvalue weighted by atomic mass is 16.6. The van der Waals surface area contributed by atoms with Crippen LogP contribution in [0.5, 0.6) is 0 Å². The Morgan fingerprint density at radius 1 is 1.21 bits per heavy atom. The Bertz CT molecular complexity index is 194. The highest BCUT2D eigenvalue weighted by Crippen LogP contribution is 2.42. The van der Waals surface area contributed by atoms with Crippen LogP contribution in [0.4, 0.5) is 0 Å². The van der Waals surface area contributed by atoms with E-state index in [2.05, 4.69) is 20.8 Å². The lowest BCUT2D eigenvalue weighted by atomic mass is 9.75. The summed E-state index contributed by atoms with van der Waals surface area (Å²) >= 11 is 0. The predicted molar refractivity (Wildman–Crippen MR) is 57.0 cm³/mol. The highest BCUT2D eigenvalue weighted by Gasteiger charge is 2.53. The second-order valence-electron chi connectivity index (χ2n) is 4.24. The number of hydrogen-bond donors (Lipinski definition) is 0. The average Bonchev–Trinajstić information content (AvgIpc) is 2.20. The lowest BCUT2D eigenvalue weighted by Crippen LogP contribution is -2.56. The molecule has 1 fully saturated rings. The van der Waals surface area contributed by atoms with Gasteiger partial charge in [0.1, 0.15) is 5.60 Å². The van der Waals surface area contributed by atoms with E-state index in [1.54, 1.807) is 0 Å². The minimum atomic E-state index is -0.106. The third kappa shape index (κ3) is 1.94. The molecule has 1 saturated heterocycles. The Morgan fingerprint density at radius 3 is 2.29 bits per heavy atom. The number of esters is 1. The molecule has 0 radical (unpaired) electrons. The normalized spacial score (nSPS) is 24.2. The Kier molecular flexibility index (Phi) is 3.97. The van der Waals surface area contributed by atoms with Crippen LogP contribution in [-0.2, 0) is 9.53 Å². The van der Waals surface area contributed by atoms with Crippen molar-refractivity contribution >= 4 is 5.97 Å². The summed E-state index contributed by atoms with van der Waals surface area (Å²) in [6.07, 6.45) is 6.56. The van der Waals surface area contributed by atoms with Gasteiger partial charge in [-0.15, -0.1) is 0 Å². The molecule has 0 aromatic carbocycles. The van der Waals surface area contributed by atoms with Crippen molar-refractivity contribution in [1.29, 1.82) is 0 Å². The smallest absolute Gasteiger partial charge is 0.313 e. The fourth-order valence-corrected chi connectivity index (χ4v) is 2.37. The lowest BCUT2D eigenvalue weighted by Gasteiger charge is -2.47. The van der Waals surface area contributed by atoms with Crippen LogP contribution < -0.4 is 0 Å². The van der Waals surface area contributed by atoms with Gasteiger partial charge < -0.3 is 4.74 Å². The summed E-state index contributed by atoms with van der Waals surface area (Å²) in [4.78, 5) is 11.3. The number of hydrogen-bond acceptors (Lipinski definition) is 2. The lowest BCUT2D eigenvalue weighted by molar-refractivity contribution is -0.216. The molecule has 0 aliphatic carbocycles. The first-order valence-corrected chi connectivity index (χ1v) is 5.93. The molecule has 1 unspecified atom stereocenters. The van der Waals surface area contributed by atoms with Crippen molar-refractivity contribution in [1.82, 2.24) is 0 Å². The summed E-state index contributed by atoms with van der Waals surface area (Å²) in [7, 11) is 0. The number of carbonyl (C=O) groups is 1. The fourth-order valence-electron chi connectivity index (χ4n) is 2.37. The molecule has 2 heteroatoms. The molecule has 0 saturated carbocycles. The molecule has 0 aromatic rings. The van der Waals surface area contributed by atoms with Crippen molar-refractivity contribution in [3.05, 3.63) is 0 Å². The number of rotatable bonds is 6. The van der Waals surface area contributed by atoms with Gasteiger partial charge in [0, 0.05) is 0 Å². The van der Waals surface area contributed by atoms with Crippen molar-refractivity contribution in [2.45, 2.75) is 64.9 Å². The Balaban J connectivity index is 2.43.